The maximum atomic E-state index is 12.8. The van der Waals surface area contributed by atoms with Gasteiger partial charge in [-0.2, -0.15) is 26.3 Å². The maximum absolute atomic E-state index is 12.8. The van der Waals surface area contributed by atoms with Crippen molar-refractivity contribution in [1.29, 1.82) is 0 Å². The second-order valence-electron chi connectivity index (χ2n) is 6.07. The van der Waals surface area contributed by atoms with Gasteiger partial charge in [0.1, 0.15) is 10.6 Å². The zero-order valence-corrected chi connectivity index (χ0v) is 17.9. The molecular weight excluding hydrogens is 530 g/mol. The number of sulfone groups is 1. The van der Waals surface area contributed by atoms with Gasteiger partial charge < -0.3 is 5.32 Å². The molecule has 0 saturated heterocycles. The smallest absolute Gasteiger partial charge is 0.324 e. The van der Waals surface area contributed by atoms with Crippen molar-refractivity contribution in [1.82, 2.24) is 0 Å². The molecule has 8 nitrogen and oxygen atoms in total. The Kier molecular flexibility index (Phi) is 7.45. The fourth-order valence-electron chi connectivity index (χ4n) is 2.31. The fourth-order valence-corrected chi connectivity index (χ4v) is 4.31. The molecule has 1 unspecified atom stereocenters. The SMILES string of the molecule is O=C(CS(=O)c1ccc(S(=O)(=O)C(F)(F)F)cc1[N+](=O)[O-])Nc1cc(C(F)(F)F)ccc1Cl. The molecule has 17 heteroatoms. The van der Waals surface area contributed by atoms with Crippen LogP contribution >= 0.6 is 11.6 Å². The first-order valence-corrected chi connectivity index (χ1v) is 11.3. The number of hydrogen-bond donors (Lipinski definition) is 1. The second kappa shape index (κ2) is 9.26. The van der Waals surface area contributed by atoms with Gasteiger partial charge in [-0.3, -0.25) is 19.1 Å². The predicted molar refractivity (Wildman–Crippen MR) is 103 cm³/mol. The van der Waals surface area contributed by atoms with Gasteiger partial charge in [-0.15, -0.1) is 0 Å². The van der Waals surface area contributed by atoms with Gasteiger partial charge in [0, 0.05) is 6.07 Å². The van der Waals surface area contributed by atoms with Crippen LogP contribution in [0.25, 0.3) is 0 Å². The van der Waals surface area contributed by atoms with Gasteiger partial charge in [-0.1, -0.05) is 11.6 Å². The third-order valence-corrected chi connectivity index (χ3v) is 6.99. The minimum absolute atomic E-state index is 0.0393. The van der Waals surface area contributed by atoms with Crippen LogP contribution in [-0.4, -0.2) is 34.7 Å². The van der Waals surface area contributed by atoms with Crippen molar-refractivity contribution in [2.75, 3.05) is 11.1 Å². The Morgan fingerprint density at radius 1 is 1.09 bits per heavy atom. The Balaban J connectivity index is 2.32. The lowest BCUT2D eigenvalue weighted by Gasteiger charge is -2.12. The summed E-state index contributed by atoms with van der Waals surface area (Å²) in [7, 11) is -8.55. The largest absolute Gasteiger partial charge is 0.501 e. The zero-order valence-electron chi connectivity index (χ0n) is 15.5. The summed E-state index contributed by atoms with van der Waals surface area (Å²) in [6.45, 7) is 0. The van der Waals surface area contributed by atoms with Crippen LogP contribution < -0.4 is 5.32 Å². The summed E-state index contributed by atoms with van der Waals surface area (Å²) >= 11 is 5.71. The monoisotopic (exact) mass is 538 g/mol. The number of anilines is 1. The number of nitro benzene ring substituents is 1. The highest BCUT2D eigenvalue weighted by Gasteiger charge is 2.47. The lowest BCUT2D eigenvalue weighted by Crippen LogP contribution is -2.23. The average Bonchev–Trinajstić information content (AvgIpc) is 2.67. The topological polar surface area (TPSA) is 123 Å². The molecular formula is C16H9ClF6N2O6S2. The van der Waals surface area contributed by atoms with Gasteiger partial charge in [-0.25, -0.2) is 8.42 Å². The lowest BCUT2D eigenvalue weighted by molar-refractivity contribution is -0.388. The van der Waals surface area contributed by atoms with Crippen LogP contribution in [0.1, 0.15) is 5.56 Å². The molecule has 1 amide bonds. The summed E-state index contributed by atoms with van der Waals surface area (Å²) in [5.41, 5.74) is -8.70. The molecule has 0 aromatic heterocycles. The highest BCUT2D eigenvalue weighted by Crippen LogP contribution is 2.35. The molecule has 1 N–H and O–H groups in total. The Morgan fingerprint density at radius 3 is 2.21 bits per heavy atom. The molecule has 0 radical (unpaired) electrons. The van der Waals surface area contributed by atoms with Crippen LogP contribution in [0, 0.1) is 10.1 Å². The predicted octanol–water partition coefficient (Wildman–Crippen LogP) is 4.31. The first-order valence-electron chi connectivity index (χ1n) is 8.10. The molecule has 2 rings (SSSR count). The van der Waals surface area contributed by atoms with E-state index in [2.05, 4.69) is 0 Å². The molecule has 0 bridgehead atoms. The first-order chi connectivity index (χ1) is 14.9. The molecule has 2 aromatic rings. The lowest BCUT2D eigenvalue weighted by atomic mass is 10.2. The van der Waals surface area contributed by atoms with Gasteiger partial charge in [0.2, 0.25) is 5.91 Å². The number of carbonyl (C=O) groups is 1. The van der Waals surface area contributed by atoms with E-state index in [-0.39, 0.29) is 11.1 Å². The van der Waals surface area contributed by atoms with Crippen LogP contribution in [0.15, 0.2) is 46.2 Å². The minimum Gasteiger partial charge on any atom is -0.324 e. The zero-order chi connectivity index (χ0) is 25.4. The van der Waals surface area contributed by atoms with Crippen molar-refractivity contribution in [2.45, 2.75) is 21.5 Å². The molecule has 0 aliphatic carbocycles. The van der Waals surface area contributed by atoms with Crippen molar-refractivity contribution in [3.05, 3.63) is 57.1 Å². The Labute approximate surface area is 188 Å². The Bertz CT molecular complexity index is 1250. The number of halogens is 7. The number of amides is 1. The van der Waals surface area contributed by atoms with E-state index >= 15 is 0 Å². The van der Waals surface area contributed by atoms with E-state index in [0.29, 0.717) is 24.3 Å². The quantitative estimate of drug-likeness (QED) is 0.332. The summed E-state index contributed by atoms with van der Waals surface area (Å²) in [6.07, 6.45) is -4.77. The maximum Gasteiger partial charge on any atom is 0.501 e. The van der Waals surface area contributed by atoms with E-state index in [0.717, 1.165) is 6.07 Å². The van der Waals surface area contributed by atoms with Crippen LogP contribution in [0.4, 0.5) is 37.7 Å². The fraction of sp³-hybridized carbons (Fsp3) is 0.188. The number of carbonyl (C=O) groups excluding carboxylic acids is 1. The van der Waals surface area contributed by atoms with Gasteiger partial charge in [0.15, 0.2) is 0 Å². The van der Waals surface area contributed by atoms with Crippen molar-refractivity contribution >= 4 is 49.5 Å². The molecule has 0 aliphatic rings. The van der Waals surface area contributed by atoms with Gasteiger partial charge in [-0.05, 0) is 30.3 Å². The van der Waals surface area contributed by atoms with Gasteiger partial charge >= 0.3 is 11.7 Å². The first kappa shape index (κ1) is 26.5. The molecule has 2 aromatic carbocycles. The van der Waals surface area contributed by atoms with E-state index in [1.54, 1.807) is 0 Å². The molecule has 0 fully saturated rings. The number of rotatable bonds is 6. The second-order valence-corrected chi connectivity index (χ2v) is 9.83. The summed E-state index contributed by atoms with van der Waals surface area (Å²) < 4.78 is 112. The van der Waals surface area contributed by atoms with E-state index in [1.165, 1.54) is 0 Å². The normalized spacial score (nSPS) is 13.4. The van der Waals surface area contributed by atoms with Crippen LogP contribution in [0.3, 0.4) is 0 Å². The number of nitrogens with one attached hydrogen (secondary N) is 1. The molecule has 1 atom stereocenters. The van der Waals surface area contributed by atoms with E-state index in [9.17, 15) is 53.9 Å². The van der Waals surface area contributed by atoms with Crippen molar-refractivity contribution in [3.8, 4) is 0 Å². The third kappa shape index (κ3) is 6.00. The summed E-state index contributed by atoms with van der Waals surface area (Å²) in [5.74, 6) is -2.27. The highest BCUT2D eigenvalue weighted by atomic mass is 35.5. The standard InChI is InChI=1S/C16H9ClF6N2O6S2/c17-10-3-1-8(15(18,19)20)5-11(10)24-14(26)7-32(29)13-4-2-9(6-12(13)25(27)28)33(30,31)16(21,22)23/h1-6H,7H2,(H,24,26). The minimum atomic E-state index is -5.95. The van der Waals surface area contributed by atoms with Crippen molar-refractivity contribution < 1.29 is 48.7 Å². The Morgan fingerprint density at radius 2 is 1.70 bits per heavy atom. The number of alkyl halides is 6. The molecule has 180 valence electrons. The van der Waals surface area contributed by atoms with E-state index in [1.807, 2.05) is 5.32 Å². The van der Waals surface area contributed by atoms with Crippen molar-refractivity contribution in [3.63, 3.8) is 0 Å². The molecule has 0 aliphatic heterocycles. The number of benzene rings is 2. The number of hydrogen-bond acceptors (Lipinski definition) is 6. The third-order valence-electron chi connectivity index (χ3n) is 3.82. The highest BCUT2D eigenvalue weighted by molar-refractivity contribution is 7.92. The summed E-state index contributed by atoms with van der Waals surface area (Å²) in [5, 5.41) is 12.8. The van der Waals surface area contributed by atoms with E-state index in [4.69, 9.17) is 11.6 Å². The molecule has 0 spiro atoms. The molecule has 0 saturated carbocycles. The van der Waals surface area contributed by atoms with Crippen molar-refractivity contribution in [2.24, 2.45) is 0 Å². The molecule has 33 heavy (non-hydrogen) atoms. The summed E-state index contributed by atoms with van der Waals surface area (Å²) in [6, 6.07) is 2.79. The average molecular weight is 539 g/mol. The van der Waals surface area contributed by atoms with Gasteiger partial charge in [0.25, 0.3) is 15.5 Å². The van der Waals surface area contributed by atoms with Crippen LogP contribution in [0.2, 0.25) is 5.02 Å². The molecule has 0 heterocycles. The Hall–Kier alpha value is -2.72. The summed E-state index contributed by atoms with van der Waals surface area (Å²) in [4.78, 5) is 19.7. The van der Waals surface area contributed by atoms with Gasteiger partial charge in [0.05, 0.1) is 36.9 Å². The number of nitro groups is 1. The van der Waals surface area contributed by atoms with Crippen LogP contribution in [0.5, 0.6) is 0 Å². The number of nitrogens with zero attached hydrogens (tertiary/aromatic N) is 1. The van der Waals surface area contributed by atoms with E-state index < -0.39 is 75.6 Å². The van der Waals surface area contributed by atoms with Crippen LogP contribution in [-0.2, 0) is 31.6 Å².